The first-order valence-corrected chi connectivity index (χ1v) is 7.21. The number of anilines is 1. The monoisotopic (exact) mass is 336 g/mol. The fraction of sp³-hybridized carbons (Fsp3) is 0.267. The molecule has 0 radical (unpaired) electrons. The molecule has 106 valence electrons. The Morgan fingerprint density at radius 3 is 2.70 bits per heavy atom. The third-order valence-electron chi connectivity index (χ3n) is 3.06. The summed E-state index contributed by atoms with van der Waals surface area (Å²) in [6.45, 7) is 2.96. The van der Waals surface area contributed by atoms with Crippen LogP contribution in [0, 0.1) is 6.92 Å². The Kier molecular flexibility index (Phi) is 4.84. The molecule has 2 aromatic rings. The van der Waals surface area contributed by atoms with Gasteiger partial charge in [0.05, 0.1) is 16.8 Å². The van der Waals surface area contributed by atoms with Gasteiger partial charge in [-0.1, -0.05) is 18.2 Å². The van der Waals surface area contributed by atoms with Gasteiger partial charge in [-0.2, -0.15) is 0 Å². The van der Waals surface area contributed by atoms with Crippen LogP contribution in [0.25, 0.3) is 0 Å². The van der Waals surface area contributed by atoms with E-state index in [4.69, 9.17) is 10.5 Å². The number of pyridine rings is 1. The van der Waals surface area contributed by atoms with Gasteiger partial charge < -0.3 is 15.0 Å². The molecular formula is C15H17BrN2O2. The van der Waals surface area contributed by atoms with Gasteiger partial charge in [0.1, 0.15) is 5.75 Å². The normalized spacial score (nSPS) is 10.5. The minimum absolute atomic E-state index is 0.0589. The van der Waals surface area contributed by atoms with Gasteiger partial charge in [-0.3, -0.25) is 4.79 Å². The highest BCUT2D eigenvalue weighted by atomic mass is 79.9. The smallest absolute Gasteiger partial charge is 0.265 e. The molecule has 5 heteroatoms. The second-order valence-corrected chi connectivity index (χ2v) is 5.33. The Morgan fingerprint density at radius 2 is 2.00 bits per heavy atom. The Balaban J connectivity index is 1.94. The quantitative estimate of drug-likeness (QED) is 0.854. The number of hydrogen-bond donors (Lipinski definition) is 1. The molecule has 0 bridgehead atoms. The highest BCUT2D eigenvalue weighted by Crippen LogP contribution is 2.17. The molecule has 1 heterocycles. The molecule has 20 heavy (non-hydrogen) atoms. The zero-order valence-corrected chi connectivity index (χ0v) is 12.9. The van der Waals surface area contributed by atoms with Crippen LogP contribution in [-0.4, -0.2) is 11.2 Å². The van der Waals surface area contributed by atoms with Crippen molar-refractivity contribution in [2.24, 2.45) is 0 Å². The molecule has 2 rings (SSSR count). The van der Waals surface area contributed by atoms with E-state index in [1.165, 1.54) is 0 Å². The number of nitrogen functional groups attached to an aromatic ring is 1. The topological polar surface area (TPSA) is 57.2 Å². The summed E-state index contributed by atoms with van der Waals surface area (Å²) in [5.41, 5.74) is 7.20. The van der Waals surface area contributed by atoms with Crippen molar-refractivity contribution < 1.29 is 4.74 Å². The van der Waals surface area contributed by atoms with Gasteiger partial charge in [0, 0.05) is 12.7 Å². The van der Waals surface area contributed by atoms with Gasteiger partial charge in [-0.05, 0) is 47.0 Å². The van der Waals surface area contributed by atoms with Gasteiger partial charge in [-0.25, -0.2) is 0 Å². The van der Waals surface area contributed by atoms with Crippen LogP contribution in [0.15, 0.2) is 45.8 Å². The Bertz CT molecular complexity index is 638. The van der Waals surface area contributed by atoms with Crippen LogP contribution < -0.4 is 16.0 Å². The van der Waals surface area contributed by atoms with Gasteiger partial charge >= 0.3 is 0 Å². The van der Waals surface area contributed by atoms with Crippen molar-refractivity contribution in [3.05, 3.63) is 56.9 Å². The average Bonchev–Trinajstić information content (AvgIpc) is 2.47. The standard InChI is InChI=1S/C15H17BrN2O2/c1-11-13(17)10-18(15(19)14(11)16)8-5-9-20-12-6-3-2-4-7-12/h2-4,6-7,10H,5,8-9,17H2,1H3. The van der Waals surface area contributed by atoms with Gasteiger partial charge in [0.15, 0.2) is 0 Å². The third-order valence-corrected chi connectivity index (χ3v) is 4.00. The average molecular weight is 337 g/mol. The van der Waals surface area contributed by atoms with E-state index in [1.54, 1.807) is 10.8 Å². The van der Waals surface area contributed by atoms with Crippen molar-refractivity contribution in [3.63, 3.8) is 0 Å². The summed E-state index contributed by atoms with van der Waals surface area (Å²) >= 11 is 3.28. The van der Waals surface area contributed by atoms with Gasteiger partial charge in [0.25, 0.3) is 5.56 Å². The van der Waals surface area contributed by atoms with E-state index in [2.05, 4.69) is 15.9 Å². The largest absolute Gasteiger partial charge is 0.494 e. The fourth-order valence-electron chi connectivity index (χ4n) is 1.84. The highest BCUT2D eigenvalue weighted by Gasteiger charge is 2.07. The molecule has 0 atom stereocenters. The third kappa shape index (κ3) is 3.42. The van der Waals surface area contributed by atoms with Crippen molar-refractivity contribution in [1.29, 1.82) is 0 Å². The molecule has 0 unspecified atom stereocenters. The van der Waals surface area contributed by atoms with E-state index in [-0.39, 0.29) is 5.56 Å². The fourth-order valence-corrected chi connectivity index (χ4v) is 2.30. The lowest BCUT2D eigenvalue weighted by atomic mass is 10.2. The van der Waals surface area contributed by atoms with Crippen LogP contribution in [0.2, 0.25) is 0 Å². The SMILES string of the molecule is Cc1c(N)cn(CCCOc2ccccc2)c(=O)c1Br. The number of para-hydroxylation sites is 1. The number of halogens is 1. The maximum Gasteiger partial charge on any atom is 0.265 e. The van der Waals surface area contributed by atoms with E-state index in [9.17, 15) is 4.79 Å². The summed E-state index contributed by atoms with van der Waals surface area (Å²) in [4.78, 5) is 12.0. The molecule has 4 nitrogen and oxygen atoms in total. The first-order chi connectivity index (χ1) is 9.59. The second kappa shape index (κ2) is 6.61. The molecular weight excluding hydrogens is 320 g/mol. The lowest BCUT2D eigenvalue weighted by Gasteiger charge is -2.11. The summed E-state index contributed by atoms with van der Waals surface area (Å²) in [6.07, 6.45) is 2.43. The zero-order valence-electron chi connectivity index (χ0n) is 11.3. The van der Waals surface area contributed by atoms with Crippen LogP contribution in [0.3, 0.4) is 0 Å². The Hall–Kier alpha value is -1.75. The highest BCUT2D eigenvalue weighted by molar-refractivity contribution is 9.10. The molecule has 0 aliphatic carbocycles. The minimum atomic E-state index is -0.0589. The summed E-state index contributed by atoms with van der Waals surface area (Å²) < 4.78 is 7.73. The molecule has 2 N–H and O–H groups in total. The Labute approximate surface area is 126 Å². The van der Waals surface area contributed by atoms with Crippen molar-refractivity contribution >= 4 is 21.6 Å². The molecule has 0 fully saturated rings. The molecule has 0 amide bonds. The molecule has 0 aliphatic heterocycles. The van der Waals surface area contributed by atoms with E-state index < -0.39 is 0 Å². The summed E-state index contributed by atoms with van der Waals surface area (Å²) in [5, 5.41) is 0. The predicted octanol–water partition coefficient (Wildman–Crippen LogP) is 2.97. The van der Waals surface area contributed by atoms with E-state index >= 15 is 0 Å². The van der Waals surface area contributed by atoms with E-state index in [1.807, 2.05) is 37.3 Å². The molecule has 0 spiro atoms. The predicted molar refractivity (Wildman–Crippen MR) is 84.1 cm³/mol. The minimum Gasteiger partial charge on any atom is -0.494 e. The maximum atomic E-state index is 12.0. The number of nitrogens with two attached hydrogens (primary N) is 1. The molecule has 0 saturated carbocycles. The van der Waals surface area contributed by atoms with Crippen LogP contribution in [0.4, 0.5) is 5.69 Å². The molecule has 0 saturated heterocycles. The summed E-state index contributed by atoms with van der Waals surface area (Å²) in [5.74, 6) is 0.837. The number of aromatic nitrogens is 1. The zero-order chi connectivity index (χ0) is 14.5. The van der Waals surface area contributed by atoms with E-state index in [0.717, 1.165) is 17.7 Å². The first-order valence-electron chi connectivity index (χ1n) is 6.42. The van der Waals surface area contributed by atoms with Gasteiger partial charge in [-0.15, -0.1) is 0 Å². The number of benzene rings is 1. The van der Waals surface area contributed by atoms with Crippen LogP contribution in [0.5, 0.6) is 5.75 Å². The van der Waals surface area contributed by atoms with Gasteiger partial charge in [0.2, 0.25) is 0 Å². The van der Waals surface area contributed by atoms with Crippen LogP contribution in [-0.2, 0) is 6.54 Å². The molecule has 1 aromatic heterocycles. The molecule has 1 aromatic carbocycles. The lowest BCUT2D eigenvalue weighted by Crippen LogP contribution is -2.23. The number of nitrogens with zero attached hydrogens (tertiary/aromatic N) is 1. The van der Waals surface area contributed by atoms with Crippen molar-refractivity contribution in [3.8, 4) is 5.75 Å². The first kappa shape index (κ1) is 14.7. The summed E-state index contributed by atoms with van der Waals surface area (Å²) in [6, 6.07) is 9.62. The van der Waals surface area contributed by atoms with Crippen molar-refractivity contribution in [2.75, 3.05) is 12.3 Å². The lowest BCUT2D eigenvalue weighted by molar-refractivity contribution is 0.301. The van der Waals surface area contributed by atoms with Crippen molar-refractivity contribution in [1.82, 2.24) is 4.57 Å². The number of aryl methyl sites for hydroxylation is 1. The number of rotatable bonds is 5. The molecule has 0 aliphatic rings. The van der Waals surface area contributed by atoms with Crippen LogP contribution >= 0.6 is 15.9 Å². The number of hydrogen-bond acceptors (Lipinski definition) is 3. The maximum absolute atomic E-state index is 12.0. The second-order valence-electron chi connectivity index (χ2n) is 4.54. The Morgan fingerprint density at radius 1 is 1.30 bits per heavy atom. The van der Waals surface area contributed by atoms with Crippen LogP contribution in [0.1, 0.15) is 12.0 Å². The van der Waals surface area contributed by atoms with E-state index in [0.29, 0.717) is 23.3 Å². The number of ether oxygens (including phenoxy) is 1. The summed E-state index contributed by atoms with van der Waals surface area (Å²) in [7, 11) is 0. The van der Waals surface area contributed by atoms with Crippen molar-refractivity contribution in [2.45, 2.75) is 19.9 Å².